The molecule has 96 valence electrons. The quantitative estimate of drug-likeness (QED) is 0.813. The molecule has 0 unspecified atom stereocenters. The molecule has 0 bridgehead atoms. The highest BCUT2D eigenvalue weighted by Crippen LogP contribution is 2.27. The van der Waals surface area contributed by atoms with Gasteiger partial charge in [0.2, 0.25) is 0 Å². The Bertz CT molecular complexity index is 419. The normalized spacial score (nSPS) is 18.5. The van der Waals surface area contributed by atoms with E-state index in [9.17, 15) is 0 Å². The van der Waals surface area contributed by atoms with E-state index in [0.717, 1.165) is 22.9 Å². The van der Waals surface area contributed by atoms with E-state index in [-0.39, 0.29) is 5.54 Å². The number of hydrogen-bond donors (Lipinski definition) is 1. The zero-order valence-corrected chi connectivity index (χ0v) is 11.9. The van der Waals surface area contributed by atoms with Gasteiger partial charge in [-0.25, -0.2) is 0 Å². The predicted octanol–water partition coefficient (Wildman–Crippen LogP) is 3.82. The number of H-pyrrole nitrogens is 1. The Hall–Kier alpha value is -0.640. The van der Waals surface area contributed by atoms with E-state index in [1.165, 1.54) is 32.1 Å². The highest BCUT2D eigenvalue weighted by atomic mass is 32.1. The Kier molecular flexibility index (Phi) is 3.71. The Morgan fingerprint density at radius 2 is 1.94 bits per heavy atom. The van der Waals surface area contributed by atoms with Crippen LogP contribution in [0.1, 0.15) is 58.7 Å². The lowest BCUT2D eigenvalue weighted by molar-refractivity contribution is 0.325. The number of nitrogens with zero attached hydrogens (tertiary/aromatic N) is 2. The SMILES string of the molecule is CC(C)(C)n1c(CC2CCCCC2)n[nH]c1=S. The van der Waals surface area contributed by atoms with E-state index in [0.29, 0.717) is 0 Å². The first kappa shape index (κ1) is 12.8. The second kappa shape index (κ2) is 4.92. The van der Waals surface area contributed by atoms with E-state index in [1.54, 1.807) is 0 Å². The van der Waals surface area contributed by atoms with Gasteiger partial charge in [-0.05, 0) is 38.9 Å². The fourth-order valence-corrected chi connectivity index (χ4v) is 3.23. The van der Waals surface area contributed by atoms with E-state index < -0.39 is 0 Å². The molecule has 1 fully saturated rings. The van der Waals surface area contributed by atoms with Crippen molar-refractivity contribution in [2.24, 2.45) is 5.92 Å². The number of nitrogens with one attached hydrogen (secondary N) is 1. The number of rotatable bonds is 2. The van der Waals surface area contributed by atoms with Crippen LogP contribution in [0.15, 0.2) is 0 Å². The van der Waals surface area contributed by atoms with Crippen LogP contribution in [0.2, 0.25) is 0 Å². The smallest absolute Gasteiger partial charge is 0.195 e. The first-order chi connectivity index (χ1) is 7.98. The second-order valence-corrected chi connectivity index (χ2v) is 6.55. The van der Waals surface area contributed by atoms with Crippen molar-refractivity contribution in [3.63, 3.8) is 0 Å². The van der Waals surface area contributed by atoms with Crippen LogP contribution in [0.25, 0.3) is 0 Å². The van der Waals surface area contributed by atoms with Crippen molar-refractivity contribution < 1.29 is 0 Å². The molecule has 1 aliphatic carbocycles. The van der Waals surface area contributed by atoms with Crippen molar-refractivity contribution >= 4 is 12.2 Å². The minimum Gasteiger partial charge on any atom is -0.299 e. The second-order valence-electron chi connectivity index (χ2n) is 6.16. The minimum atomic E-state index is 0.0219. The molecule has 1 N–H and O–H groups in total. The average molecular weight is 253 g/mol. The molecule has 0 saturated heterocycles. The lowest BCUT2D eigenvalue weighted by Gasteiger charge is -2.25. The number of hydrogen-bond acceptors (Lipinski definition) is 2. The molecule has 0 aromatic carbocycles. The van der Waals surface area contributed by atoms with Crippen LogP contribution in [0, 0.1) is 10.7 Å². The van der Waals surface area contributed by atoms with Gasteiger partial charge in [-0.3, -0.25) is 9.67 Å². The molecule has 1 saturated carbocycles. The van der Waals surface area contributed by atoms with Crippen molar-refractivity contribution in [1.82, 2.24) is 14.8 Å². The van der Waals surface area contributed by atoms with Crippen LogP contribution in [-0.2, 0) is 12.0 Å². The van der Waals surface area contributed by atoms with Gasteiger partial charge in [-0.1, -0.05) is 32.1 Å². The summed E-state index contributed by atoms with van der Waals surface area (Å²) in [5.41, 5.74) is 0.0219. The summed E-state index contributed by atoms with van der Waals surface area (Å²) in [6.45, 7) is 6.55. The van der Waals surface area contributed by atoms with Crippen molar-refractivity contribution in [3.05, 3.63) is 10.6 Å². The summed E-state index contributed by atoms with van der Waals surface area (Å²) in [4.78, 5) is 0. The zero-order chi connectivity index (χ0) is 12.5. The van der Waals surface area contributed by atoms with Gasteiger partial charge in [0.25, 0.3) is 0 Å². The molecule has 1 heterocycles. The highest BCUT2D eigenvalue weighted by molar-refractivity contribution is 7.71. The third-order valence-electron chi connectivity index (χ3n) is 3.61. The Labute approximate surface area is 109 Å². The molecule has 0 atom stereocenters. The van der Waals surface area contributed by atoms with Gasteiger partial charge < -0.3 is 0 Å². The number of aromatic nitrogens is 3. The minimum absolute atomic E-state index is 0.0219. The van der Waals surface area contributed by atoms with Crippen molar-refractivity contribution in [3.8, 4) is 0 Å². The maximum absolute atomic E-state index is 5.33. The van der Waals surface area contributed by atoms with Gasteiger partial charge in [-0.2, -0.15) is 5.10 Å². The largest absolute Gasteiger partial charge is 0.299 e. The summed E-state index contributed by atoms with van der Waals surface area (Å²) in [6.07, 6.45) is 7.94. The Balaban J connectivity index is 2.18. The summed E-state index contributed by atoms with van der Waals surface area (Å²) in [5.74, 6) is 1.93. The third-order valence-corrected chi connectivity index (χ3v) is 3.88. The van der Waals surface area contributed by atoms with E-state index in [2.05, 4.69) is 35.5 Å². The Morgan fingerprint density at radius 1 is 1.29 bits per heavy atom. The lowest BCUT2D eigenvalue weighted by Crippen LogP contribution is -2.25. The fourth-order valence-electron chi connectivity index (χ4n) is 2.81. The van der Waals surface area contributed by atoms with Crippen molar-refractivity contribution in [1.29, 1.82) is 0 Å². The summed E-state index contributed by atoms with van der Waals surface area (Å²) in [6, 6.07) is 0. The molecule has 1 aliphatic rings. The van der Waals surface area contributed by atoms with E-state index in [1.807, 2.05) is 0 Å². The molecule has 1 aromatic heterocycles. The fraction of sp³-hybridized carbons (Fsp3) is 0.846. The van der Waals surface area contributed by atoms with Gasteiger partial charge >= 0.3 is 0 Å². The predicted molar refractivity (Wildman–Crippen MR) is 72.7 cm³/mol. The van der Waals surface area contributed by atoms with Crippen LogP contribution in [0.4, 0.5) is 0 Å². The summed E-state index contributed by atoms with van der Waals surface area (Å²) in [7, 11) is 0. The van der Waals surface area contributed by atoms with Gasteiger partial charge in [0, 0.05) is 12.0 Å². The standard InChI is InChI=1S/C13H23N3S/c1-13(2,3)16-11(14-15-12(16)17)9-10-7-5-4-6-8-10/h10H,4-9H2,1-3H3,(H,15,17). The highest BCUT2D eigenvalue weighted by Gasteiger charge is 2.22. The molecule has 0 aliphatic heterocycles. The van der Waals surface area contributed by atoms with Gasteiger partial charge in [0.15, 0.2) is 4.77 Å². The van der Waals surface area contributed by atoms with Crippen LogP contribution in [0.3, 0.4) is 0 Å². The molecule has 3 nitrogen and oxygen atoms in total. The molecule has 2 rings (SSSR count). The monoisotopic (exact) mass is 253 g/mol. The molecular formula is C13H23N3S. The molecule has 1 aromatic rings. The Morgan fingerprint density at radius 3 is 2.53 bits per heavy atom. The summed E-state index contributed by atoms with van der Waals surface area (Å²) < 4.78 is 2.93. The van der Waals surface area contributed by atoms with E-state index >= 15 is 0 Å². The third kappa shape index (κ3) is 2.97. The molecule has 0 spiro atoms. The summed E-state index contributed by atoms with van der Waals surface area (Å²) >= 11 is 5.33. The maximum atomic E-state index is 5.33. The first-order valence-electron chi connectivity index (χ1n) is 6.65. The molecule has 17 heavy (non-hydrogen) atoms. The molecule has 0 amide bonds. The average Bonchev–Trinajstić information content (AvgIpc) is 2.60. The van der Waals surface area contributed by atoms with Crippen LogP contribution < -0.4 is 0 Å². The van der Waals surface area contributed by atoms with Gasteiger partial charge in [-0.15, -0.1) is 0 Å². The van der Waals surface area contributed by atoms with Crippen LogP contribution in [0.5, 0.6) is 0 Å². The maximum Gasteiger partial charge on any atom is 0.195 e. The van der Waals surface area contributed by atoms with E-state index in [4.69, 9.17) is 12.2 Å². The zero-order valence-electron chi connectivity index (χ0n) is 11.1. The molecular weight excluding hydrogens is 230 g/mol. The topological polar surface area (TPSA) is 33.6 Å². The van der Waals surface area contributed by atoms with Crippen molar-refractivity contribution in [2.75, 3.05) is 0 Å². The molecule has 4 heteroatoms. The number of aromatic amines is 1. The first-order valence-corrected chi connectivity index (χ1v) is 7.06. The lowest BCUT2D eigenvalue weighted by atomic mass is 9.86. The van der Waals surface area contributed by atoms with Crippen molar-refractivity contribution in [2.45, 2.75) is 64.8 Å². The van der Waals surface area contributed by atoms with Gasteiger partial charge in [0.05, 0.1) is 0 Å². The van der Waals surface area contributed by atoms with Crippen LogP contribution in [-0.4, -0.2) is 14.8 Å². The van der Waals surface area contributed by atoms with Gasteiger partial charge in [0.1, 0.15) is 5.82 Å². The van der Waals surface area contributed by atoms with Crippen LogP contribution >= 0.6 is 12.2 Å². The summed E-state index contributed by atoms with van der Waals surface area (Å²) in [5, 5.41) is 7.37. The molecule has 0 radical (unpaired) electrons.